The molecule has 9 nitrogen and oxygen atoms in total. The number of carbonyl (C=O) groups excluding carboxylic acids is 2. The van der Waals surface area contributed by atoms with E-state index < -0.39 is 6.03 Å². The predicted molar refractivity (Wildman–Crippen MR) is 132 cm³/mol. The maximum atomic E-state index is 12.7. The Kier molecular flexibility index (Phi) is 7.84. The molecule has 0 spiro atoms. The van der Waals surface area contributed by atoms with Gasteiger partial charge in [-0.05, 0) is 30.9 Å². The first-order valence-electron chi connectivity index (χ1n) is 11.8. The normalized spacial score (nSPS) is 21.2. The van der Waals surface area contributed by atoms with Gasteiger partial charge in [0, 0.05) is 32.2 Å². The number of hydrogen-bond acceptors (Lipinski definition) is 6. The number of para-hydroxylation sites is 1. The molecule has 2 N–H and O–H groups in total. The number of benzene rings is 1. The van der Waals surface area contributed by atoms with Crippen LogP contribution in [0, 0.1) is 5.92 Å². The molecule has 2 aliphatic rings. The Bertz CT molecular complexity index is 1070. The van der Waals surface area contributed by atoms with E-state index in [-0.39, 0.29) is 29.1 Å². The van der Waals surface area contributed by atoms with Gasteiger partial charge in [-0.1, -0.05) is 49.6 Å². The Hall–Kier alpha value is -2.91. The summed E-state index contributed by atoms with van der Waals surface area (Å²) in [6.07, 6.45) is 5.96. The van der Waals surface area contributed by atoms with Gasteiger partial charge in [-0.3, -0.25) is 19.8 Å². The van der Waals surface area contributed by atoms with Crippen molar-refractivity contribution in [2.24, 2.45) is 5.92 Å². The smallest absolute Gasteiger partial charge is 0.321 e. The van der Waals surface area contributed by atoms with Crippen molar-refractivity contribution < 1.29 is 9.59 Å². The highest BCUT2D eigenvalue weighted by Gasteiger charge is 2.25. The van der Waals surface area contributed by atoms with Crippen LogP contribution in [0.1, 0.15) is 32.6 Å². The number of aromatic nitrogens is 2. The minimum absolute atomic E-state index is 0.124. The lowest BCUT2D eigenvalue weighted by Gasteiger charge is -2.35. The van der Waals surface area contributed by atoms with Crippen molar-refractivity contribution in [1.82, 2.24) is 25.3 Å². The quantitative estimate of drug-likeness (QED) is 0.673. The highest BCUT2D eigenvalue weighted by molar-refractivity contribution is 6.33. The average molecular weight is 487 g/mol. The lowest BCUT2D eigenvalue weighted by Crippen LogP contribution is -2.53. The number of carbonyl (C=O) groups is 2. The van der Waals surface area contributed by atoms with Gasteiger partial charge in [-0.2, -0.15) is 9.78 Å². The summed E-state index contributed by atoms with van der Waals surface area (Å²) in [5, 5.41) is 9.82. The molecule has 182 valence electrons. The highest BCUT2D eigenvalue weighted by atomic mass is 35.5. The number of urea groups is 1. The predicted octanol–water partition coefficient (Wildman–Crippen LogP) is 2.41. The number of nitrogens with zero attached hydrogens (tertiary/aromatic N) is 4. The number of imide groups is 1. The van der Waals surface area contributed by atoms with Crippen LogP contribution in [0.15, 0.2) is 41.3 Å². The number of piperazine rings is 1. The van der Waals surface area contributed by atoms with Crippen LogP contribution in [0.5, 0.6) is 0 Å². The molecule has 0 radical (unpaired) electrons. The van der Waals surface area contributed by atoms with Gasteiger partial charge in [0.05, 0.1) is 24.1 Å². The largest absolute Gasteiger partial charge is 0.366 e. The van der Waals surface area contributed by atoms with Crippen molar-refractivity contribution in [3.63, 3.8) is 0 Å². The molecule has 0 bridgehead atoms. The molecule has 34 heavy (non-hydrogen) atoms. The molecule has 1 saturated heterocycles. The van der Waals surface area contributed by atoms with Gasteiger partial charge in [-0.15, -0.1) is 0 Å². The average Bonchev–Trinajstić information content (AvgIpc) is 2.83. The van der Waals surface area contributed by atoms with Gasteiger partial charge in [0.2, 0.25) is 5.91 Å². The van der Waals surface area contributed by atoms with Gasteiger partial charge in [-0.25, -0.2) is 4.79 Å². The molecule has 4 rings (SSSR count). The van der Waals surface area contributed by atoms with Crippen LogP contribution in [0.4, 0.5) is 10.5 Å². The third-order valence-electron chi connectivity index (χ3n) is 6.66. The van der Waals surface area contributed by atoms with Gasteiger partial charge >= 0.3 is 6.03 Å². The summed E-state index contributed by atoms with van der Waals surface area (Å²) in [6.45, 7) is 4.67. The zero-order valence-corrected chi connectivity index (χ0v) is 20.1. The topological polar surface area (TPSA) is 99.6 Å². The van der Waals surface area contributed by atoms with E-state index in [9.17, 15) is 14.4 Å². The summed E-state index contributed by atoms with van der Waals surface area (Å²) >= 11 is 6.41. The maximum Gasteiger partial charge on any atom is 0.321 e. The summed E-state index contributed by atoms with van der Waals surface area (Å²) in [4.78, 5) is 41.3. The zero-order valence-electron chi connectivity index (χ0n) is 19.4. The van der Waals surface area contributed by atoms with Crippen molar-refractivity contribution >= 4 is 29.2 Å². The van der Waals surface area contributed by atoms with E-state index in [1.54, 1.807) is 18.3 Å². The Morgan fingerprint density at radius 3 is 2.50 bits per heavy atom. The Morgan fingerprint density at radius 1 is 1.09 bits per heavy atom. The van der Waals surface area contributed by atoms with Crippen LogP contribution in [-0.4, -0.2) is 65.4 Å². The van der Waals surface area contributed by atoms with E-state index in [2.05, 4.69) is 22.7 Å². The fourth-order valence-corrected chi connectivity index (χ4v) is 4.90. The molecule has 1 aliphatic heterocycles. The van der Waals surface area contributed by atoms with Gasteiger partial charge in [0.15, 0.2) is 0 Å². The van der Waals surface area contributed by atoms with E-state index in [1.165, 1.54) is 11.1 Å². The standard InChI is InChI=1S/C24H31ClN6O3/c1-17-7-5-6-10-19(17)27-24(34)28-21(32)16-29-11-13-30(14-12-29)20-15-26-31(23(33)22(20)25)18-8-3-2-4-9-18/h2-4,8-9,15,17,19H,5-7,10-14,16H2,1H3,(H2,27,28,32,34)/t17-,19+/m0/s1. The highest BCUT2D eigenvalue weighted by Crippen LogP contribution is 2.24. The van der Waals surface area contributed by atoms with Gasteiger partial charge < -0.3 is 10.2 Å². The molecule has 2 fully saturated rings. The number of halogens is 1. The number of rotatable bonds is 5. The summed E-state index contributed by atoms with van der Waals surface area (Å²) in [7, 11) is 0. The molecule has 2 atom stereocenters. The minimum atomic E-state index is -0.417. The molecule has 2 heterocycles. The molecule has 1 aliphatic carbocycles. The monoisotopic (exact) mass is 486 g/mol. The SMILES string of the molecule is C[C@H]1CCCC[C@H]1NC(=O)NC(=O)CN1CCN(c2cnn(-c3ccccc3)c(=O)c2Cl)CC1. The fraction of sp³-hybridized carbons (Fsp3) is 0.500. The second-order valence-electron chi connectivity index (χ2n) is 9.05. The van der Waals surface area contributed by atoms with Gasteiger partial charge in [0.25, 0.3) is 5.56 Å². The fourth-order valence-electron chi connectivity index (χ4n) is 4.65. The Labute approximate surface area is 204 Å². The molecule has 10 heteroatoms. The summed E-state index contributed by atoms with van der Waals surface area (Å²) in [6, 6.07) is 8.84. The van der Waals surface area contributed by atoms with Crippen molar-refractivity contribution in [3.8, 4) is 5.69 Å². The Morgan fingerprint density at radius 2 is 1.79 bits per heavy atom. The van der Waals surface area contributed by atoms with E-state index in [4.69, 9.17) is 11.6 Å². The number of hydrogen-bond donors (Lipinski definition) is 2. The van der Waals surface area contributed by atoms with Crippen molar-refractivity contribution in [2.45, 2.75) is 38.6 Å². The molecule has 3 amide bonds. The van der Waals surface area contributed by atoms with Crippen molar-refractivity contribution in [2.75, 3.05) is 37.6 Å². The van der Waals surface area contributed by atoms with Crippen LogP contribution in [0.25, 0.3) is 5.69 Å². The van der Waals surface area contributed by atoms with E-state index in [0.29, 0.717) is 43.5 Å². The zero-order chi connectivity index (χ0) is 24.1. The summed E-state index contributed by atoms with van der Waals surface area (Å²) < 4.78 is 1.28. The number of nitrogens with one attached hydrogen (secondary N) is 2. The van der Waals surface area contributed by atoms with Crippen molar-refractivity contribution in [1.29, 1.82) is 0 Å². The number of anilines is 1. The van der Waals surface area contributed by atoms with Crippen LogP contribution in [0.2, 0.25) is 5.02 Å². The molecule has 2 aromatic rings. The summed E-state index contributed by atoms with van der Waals surface area (Å²) in [5.41, 5.74) is 0.869. The molecule has 0 unspecified atom stereocenters. The molecular formula is C24H31ClN6O3. The van der Waals surface area contributed by atoms with E-state index in [0.717, 1.165) is 19.3 Å². The molecule has 1 saturated carbocycles. The molecular weight excluding hydrogens is 456 g/mol. The third-order valence-corrected chi connectivity index (χ3v) is 7.02. The maximum absolute atomic E-state index is 12.7. The lowest BCUT2D eigenvalue weighted by molar-refractivity contribution is -0.121. The second kappa shape index (κ2) is 11.0. The summed E-state index contributed by atoms with van der Waals surface area (Å²) in [5.74, 6) is 0.110. The molecule has 1 aromatic heterocycles. The van der Waals surface area contributed by atoms with E-state index in [1.807, 2.05) is 28.0 Å². The van der Waals surface area contributed by atoms with Crippen LogP contribution >= 0.6 is 11.6 Å². The van der Waals surface area contributed by atoms with Crippen LogP contribution in [-0.2, 0) is 4.79 Å². The first-order chi connectivity index (χ1) is 16.4. The Balaban J connectivity index is 1.28. The minimum Gasteiger partial charge on any atom is -0.366 e. The second-order valence-corrected chi connectivity index (χ2v) is 9.43. The third kappa shape index (κ3) is 5.77. The lowest BCUT2D eigenvalue weighted by atomic mass is 9.86. The van der Waals surface area contributed by atoms with E-state index >= 15 is 0 Å². The van der Waals surface area contributed by atoms with Crippen molar-refractivity contribution in [3.05, 3.63) is 51.9 Å². The first-order valence-corrected chi connectivity index (χ1v) is 12.2. The van der Waals surface area contributed by atoms with Gasteiger partial charge in [0.1, 0.15) is 5.02 Å². The van der Waals surface area contributed by atoms with Crippen LogP contribution in [0.3, 0.4) is 0 Å². The number of amides is 3. The molecule has 1 aromatic carbocycles. The van der Waals surface area contributed by atoms with Crippen LogP contribution < -0.4 is 21.1 Å². The first kappa shape index (κ1) is 24.2.